The molecule has 0 aromatic rings. The van der Waals surface area contributed by atoms with Crippen LogP contribution in [0.4, 0.5) is 0 Å². The summed E-state index contributed by atoms with van der Waals surface area (Å²) in [7, 11) is 1.33. The molecule has 0 aliphatic rings. The molecule has 0 saturated carbocycles. The van der Waals surface area contributed by atoms with Gasteiger partial charge in [0.05, 0.1) is 7.11 Å². The molecule has 0 N–H and O–H groups in total. The van der Waals surface area contributed by atoms with Crippen molar-refractivity contribution in [3.63, 3.8) is 0 Å². The van der Waals surface area contributed by atoms with Crippen LogP contribution in [0.1, 0.15) is 201 Å². The van der Waals surface area contributed by atoms with Crippen LogP contribution in [0.25, 0.3) is 0 Å². The molecule has 0 aliphatic heterocycles. The maximum Gasteiger partial charge on any atom is 0.332 e. The van der Waals surface area contributed by atoms with E-state index < -0.39 is 0 Å². The SMILES string of the molecule is C=C(C)C(=O)OC.CCCCCCCC/C=C\CCCCCCCC(=O)OC(=O)CCCCCCC/C=C\CCCCCCCC. The van der Waals surface area contributed by atoms with E-state index in [0.717, 1.165) is 38.5 Å². The number of carbonyl (C=O) groups is 3. The summed E-state index contributed by atoms with van der Waals surface area (Å²) in [5, 5.41) is 0. The summed E-state index contributed by atoms with van der Waals surface area (Å²) in [6.45, 7) is 9.48. The highest BCUT2D eigenvalue weighted by Gasteiger charge is 2.09. The van der Waals surface area contributed by atoms with E-state index in [1.54, 1.807) is 6.92 Å². The van der Waals surface area contributed by atoms with Crippen molar-refractivity contribution in [3.8, 4) is 0 Å². The first kappa shape index (κ1) is 46.0. The van der Waals surface area contributed by atoms with Crippen LogP contribution < -0.4 is 0 Å². The van der Waals surface area contributed by atoms with Gasteiger partial charge in [-0.05, 0) is 71.1 Å². The van der Waals surface area contributed by atoms with Crippen LogP contribution in [-0.2, 0) is 23.9 Å². The van der Waals surface area contributed by atoms with E-state index in [-0.39, 0.29) is 17.9 Å². The average Bonchev–Trinajstić information content (AvgIpc) is 3.04. The van der Waals surface area contributed by atoms with Gasteiger partial charge in [0.15, 0.2) is 0 Å². The summed E-state index contributed by atoms with van der Waals surface area (Å²) >= 11 is 0. The molecule has 5 heteroatoms. The lowest BCUT2D eigenvalue weighted by atomic mass is 10.1. The monoisotopic (exact) mass is 647 g/mol. The fourth-order valence-corrected chi connectivity index (χ4v) is 5.08. The van der Waals surface area contributed by atoms with Crippen LogP contribution >= 0.6 is 0 Å². The standard InChI is InChI=1S/C36H66O3.C5H8O2/c1-3-5-7-9-11-13-15-17-19-21-23-25-27-29-31-33-35(37)39-36(38)34-32-30-28-26-24-22-20-18-16-14-12-10-8-6-4-2;1-4(2)5(6)7-3/h17-20H,3-16,21-34H2,1-2H3;1H2,2-3H3/b19-17-,20-18-;. The molecule has 0 unspecified atom stereocenters. The van der Waals surface area contributed by atoms with Crippen LogP contribution in [0, 0.1) is 0 Å². The van der Waals surface area contributed by atoms with Crippen LogP contribution in [0.3, 0.4) is 0 Å². The van der Waals surface area contributed by atoms with Gasteiger partial charge in [-0.1, -0.05) is 147 Å². The Hall–Kier alpha value is -2.17. The van der Waals surface area contributed by atoms with Crippen LogP contribution in [0.15, 0.2) is 36.5 Å². The highest BCUT2D eigenvalue weighted by atomic mass is 16.6. The van der Waals surface area contributed by atoms with Crippen molar-refractivity contribution >= 4 is 17.9 Å². The van der Waals surface area contributed by atoms with Gasteiger partial charge in [0.25, 0.3) is 0 Å². The molecule has 0 aromatic carbocycles. The van der Waals surface area contributed by atoms with E-state index in [0.29, 0.717) is 18.4 Å². The molecule has 0 rings (SSSR count). The molecule has 0 saturated heterocycles. The number of allylic oxidation sites excluding steroid dienone is 4. The summed E-state index contributed by atoms with van der Waals surface area (Å²) in [6.07, 6.45) is 42.2. The van der Waals surface area contributed by atoms with Gasteiger partial charge in [-0.25, -0.2) is 4.79 Å². The Morgan fingerprint density at radius 3 is 1.02 bits per heavy atom. The minimum absolute atomic E-state index is 0.342. The maximum atomic E-state index is 11.9. The number of hydrogen-bond acceptors (Lipinski definition) is 5. The summed E-state index contributed by atoms with van der Waals surface area (Å²) < 4.78 is 9.27. The number of hydrogen-bond donors (Lipinski definition) is 0. The van der Waals surface area contributed by atoms with E-state index in [2.05, 4.69) is 49.5 Å². The highest BCUT2D eigenvalue weighted by molar-refractivity contribution is 5.86. The Balaban J connectivity index is 0. The van der Waals surface area contributed by atoms with Crippen molar-refractivity contribution in [2.45, 2.75) is 201 Å². The highest BCUT2D eigenvalue weighted by Crippen LogP contribution is 2.12. The van der Waals surface area contributed by atoms with Gasteiger partial charge in [0.2, 0.25) is 0 Å². The first-order valence-electron chi connectivity index (χ1n) is 19.2. The number of unbranched alkanes of at least 4 members (excludes halogenated alkanes) is 22. The molecule has 46 heavy (non-hydrogen) atoms. The maximum absolute atomic E-state index is 11.9. The number of esters is 3. The zero-order chi connectivity index (χ0) is 34.4. The van der Waals surface area contributed by atoms with Gasteiger partial charge in [-0.15, -0.1) is 0 Å². The molecule has 0 radical (unpaired) electrons. The van der Waals surface area contributed by atoms with Gasteiger partial charge in [0.1, 0.15) is 0 Å². The molecule has 0 atom stereocenters. The van der Waals surface area contributed by atoms with E-state index in [1.807, 2.05) is 0 Å². The number of carbonyl (C=O) groups excluding carboxylic acids is 3. The molecule has 0 amide bonds. The number of ether oxygens (including phenoxy) is 2. The van der Waals surface area contributed by atoms with Crippen molar-refractivity contribution < 1.29 is 23.9 Å². The topological polar surface area (TPSA) is 69.7 Å². The van der Waals surface area contributed by atoms with Gasteiger partial charge in [-0.3, -0.25) is 9.59 Å². The Morgan fingerprint density at radius 2 is 0.761 bits per heavy atom. The second-order valence-corrected chi connectivity index (χ2v) is 12.8. The summed E-state index contributed by atoms with van der Waals surface area (Å²) in [6, 6.07) is 0. The molecule has 268 valence electrons. The summed E-state index contributed by atoms with van der Waals surface area (Å²) in [4.78, 5) is 34.0. The van der Waals surface area contributed by atoms with E-state index in [9.17, 15) is 14.4 Å². The van der Waals surface area contributed by atoms with Gasteiger partial charge in [0, 0.05) is 18.4 Å². The summed E-state index contributed by atoms with van der Waals surface area (Å²) in [5.41, 5.74) is 0.433. The second-order valence-electron chi connectivity index (χ2n) is 12.8. The minimum Gasteiger partial charge on any atom is -0.466 e. The fraction of sp³-hybridized carbons (Fsp3) is 0.780. The first-order valence-corrected chi connectivity index (χ1v) is 19.2. The molecule has 0 aromatic heterocycles. The molecular weight excluding hydrogens is 572 g/mol. The lowest BCUT2D eigenvalue weighted by Crippen LogP contribution is -2.11. The van der Waals surface area contributed by atoms with Crippen LogP contribution in [0.2, 0.25) is 0 Å². The fourth-order valence-electron chi connectivity index (χ4n) is 5.08. The minimum atomic E-state index is -0.347. The van der Waals surface area contributed by atoms with Gasteiger partial charge >= 0.3 is 17.9 Å². The Bertz CT molecular complexity index is 717. The van der Waals surface area contributed by atoms with Crippen molar-refractivity contribution in [1.29, 1.82) is 0 Å². The van der Waals surface area contributed by atoms with E-state index >= 15 is 0 Å². The second kappa shape index (κ2) is 39.0. The Kier molecular flexibility index (Phi) is 39.0. The van der Waals surface area contributed by atoms with Crippen molar-refractivity contribution in [2.24, 2.45) is 0 Å². The molecular formula is C41H74O5. The normalized spacial score (nSPS) is 11.0. The zero-order valence-electron chi connectivity index (χ0n) is 30.9. The van der Waals surface area contributed by atoms with E-state index in [4.69, 9.17) is 4.74 Å². The third kappa shape index (κ3) is 39.9. The summed E-state index contributed by atoms with van der Waals surface area (Å²) in [5.74, 6) is -1.03. The van der Waals surface area contributed by atoms with E-state index in [1.165, 1.54) is 136 Å². The van der Waals surface area contributed by atoms with Crippen molar-refractivity contribution in [1.82, 2.24) is 0 Å². The molecule has 0 spiro atoms. The van der Waals surface area contributed by atoms with Crippen LogP contribution in [0.5, 0.6) is 0 Å². The molecule has 0 bridgehead atoms. The molecule has 5 nitrogen and oxygen atoms in total. The van der Waals surface area contributed by atoms with Gasteiger partial charge in [-0.2, -0.15) is 0 Å². The zero-order valence-corrected chi connectivity index (χ0v) is 30.9. The first-order chi connectivity index (χ1) is 22.4. The van der Waals surface area contributed by atoms with Crippen molar-refractivity contribution in [2.75, 3.05) is 7.11 Å². The number of methoxy groups -OCH3 is 1. The third-order valence-corrected chi connectivity index (χ3v) is 8.05. The number of rotatable bonds is 31. The Morgan fingerprint density at radius 1 is 0.478 bits per heavy atom. The Labute approximate surface area is 285 Å². The molecule has 0 aliphatic carbocycles. The quantitative estimate of drug-likeness (QED) is 0.0246. The lowest BCUT2D eigenvalue weighted by molar-refractivity contribution is -0.159. The largest absolute Gasteiger partial charge is 0.466 e. The lowest BCUT2D eigenvalue weighted by Gasteiger charge is -2.04. The predicted molar refractivity (Wildman–Crippen MR) is 197 cm³/mol. The molecule has 0 heterocycles. The third-order valence-electron chi connectivity index (χ3n) is 8.05. The average molecular weight is 647 g/mol. The van der Waals surface area contributed by atoms with Crippen LogP contribution in [-0.4, -0.2) is 25.0 Å². The molecule has 0 fully saturated rings. The smallest absolute Gasteiger partial charge is 0.332 e. The van der Waals surface area contributed by atoms with Gasteiger partial charge < -0.3 is 9.47 Å². The van der Waals surface area contributed by atoms with Crippen molar-refractivity contribution in [3.05, 3.63) is 36.5 Å². The predicted octanol–water partition coefficient (Wildman–Crippen LogP) is 12.9.